The second-order valence-corrected chi connectivity index (χ2v) is 7.82. The van der Waals surface area contributed by atoms with E-state index in [9.17, 15) is 18.0 Å². The Bertz CT molecular complexity index is 965. The van der Waals surface area contributed by atoms with E-state index >= 15 is 0 Å². The lowest BCUT2D eigenvalue weighted by atomic mass is 10.0. The average Bonchev–Trinajstić information content (AvgIpc) is 3.18. The summed E-state index contributed by atoms with van der Waals surface area (Å²) in [5.41, 5.74) is 1.28. The number of rotatable bonds is 6. The number of halogens is 5. The Kier molecular flexibility index (Phi) is 7.33. The van der Waals surface area contributed by atoms with Gasteiger partial charge in [0.2, 0.25) is 0 Å². The van der Waals surface area contributed by atoms with Crippen LogP contribution in [0.1, 0.15) is 30.0 Å². The highest BCUT2D eigenvalue weighted by Crippen LogP contribution is 2.29. The number of oxime groups is 1. The van der Waals surface area contributed by atoms with Crippen molar-refractivity contribution in [3.63, 3.8) is 0 Å². The molecule has 31 heavy (non-hydrogen) atoms. The SMILES string of the molecule is CCNC(=O)N(Cc1ccc(C(F)(F)F)cc1)CC1CC(c2ccc(Cl)c(Cl)c2)=NO1. The number of hydrogen-bond donors (Lipinski definition) is 1. The van der Waals surface area contributed by atoms with E-state index in [1.54, 1.807) is 25.1 Å². The van der Waals surface area contributed by atoms with E-state index in [0.717, 1.165) is 17.7 Å². The molecule has 2 aromatic rings. The standard InChI is InChI=1S/C21H20Cl2F3N3O2/c1-2-27-20(30)29(11-13-3-6-15(7-4-13)21(24,25)26)12-16-10-19(28-31-16)14-5-8-17(22)18(23)9-14/h3-9,16H,2,10-12H2,1H3,(H,27,30). The van der Waals surface area contributed by atoms with Gasteiger partial charge in [-0.3, -0.25) is 0 Å². The van der Waals surface area contributed by atoms with Crippen molar-refractivity contribution in [2.75, 3.05) is 13.1 Å². The van der Waals surface area contributed by atoms with Gasteiger partial charge >= 0.3 is 12.2 Å². The molecule has 10 heteroatoms. The molecule has 0 saturated carbocycles. The van der Waals surface area contributed by atoms with E-state index in [4.69, 9.17) is 28.0 Å². The molecule has 1 heterocycles. The summed E-state index contributed by atoms with van der Waals surface area (Å²) in [6.07, 6.45) is -4.37. The van der Waals surface area contributed by atoms with Crippen LogP contribution in [0.4, 0.5) is 18.0 Å². The summed E-state index contributed by atoms with van der Waals surface area (Å²) in [7, 11) is 0. The predicted octanol–water partition coefficient (Wildman–Crippen LogP) is 5.74. The lowest BCUT2D eigenvalue weighted by molar-refractivity contribution is -0.137. The third-order valence-electron chi connectivity index (χ3n) is 4.68. The maximum Gasteiger partial charge on any atom is 0.416 e. The van der Waals surface area contributed by atoms with Crippen molar-refractivity contribution in [1.29, 1.82) is 0 Å². The Morgan fingerprint density at radius 2 is 1.90 bits per heavy atom. The molecule has 2 amide bonds. The molecule has 2 aromatic carbocycles. The summed E-state index contributed by atoms with van der Waals surface area (Å²) < 4.78 is 38.4. The summed E-state index contributed by atoms with van der Waals surface area (Å²) in [5.74, 6) is 0. The van der Waals surface area contributed by atoms with Crippen LogP contribution in [-0.4, -0.2) is 35.8 Å². The number of benzene rings is 2. The summed E-state index contributed by atoms with van der Waals surface area (Å²) in [5, 5.41) is 7.64. The molecule has 0 saturated heterocycles. The van der Waals surface area contributed by atoms with Crippen LogP contribution < -0.4 is 5.32 Å². The molecule has 0 bridgehead atoms. The predicted molar refractivity (Wildman–Crippen MR) is 113 cm³/mol. The van der Waals surface area contributed by atoms with Crippen molar-refractivity contribution in [2.45, 2.75) is 32.2 Å². The van der Waals surface area contributed by atoms with Crippen molar-refractivity contribution in [1.82, 2.24) is 10.2 Å². The maximum atomic E-state index is 12.8. The summed E-state index contributed by atoms with van der Waals surface area (Å²) >= 11 is 12.0. The number of urea groups is 1. The summed E-state index contributed by atoms with van der Waals surface area (Å²) in [4.78, 5) is 19.5. The van der Waals surface area contributed by atoms with Crippen molar-refractivity contribution in [2.24, 2.45) is 5.16 Å². The quantitative estimate of drug-likeness (QED) is 0.581. The van der Waals surface area contributed by atoms with Crippen molar-refractivity contribution in [3.05, 3.63) is 69.2 Å². The molecule has 0 aromatic heterocycles. The number of carbonyl (C=O) groups is 1. The molecule has 0 spiro atoms. The van der Waals surface area contributed by atoms with Gasteiger partial charge in [0.15, 0.2) is 6.10 Å². The molecule has 3 rings (SSSR count). The van der Waals surface area contributed by atoms with Crippen LogP contribution in [0.5, 0.6) is 0 Å². The Morgan fingerprint density at radius 3 is 2.52 bits per heavy atom. The lowest BCUT2D eigenvalue weighted by Gasteiger charge is -2.25. The first-order valence-electron chi connectivity index (χ1n) is 9.54. The van der Waals surface area contributed by atoms with E-state index in [0.29, 0.717) is 34.3 Å². The van der Waals surface area contributed by atoms with Gasteiger partial charge in [0.25, 0.3) is 0 Å². The number of carbonyl (C=O) groups excluding carboxylic acids is 1. The molecule has 1 aliphatic heterocycles. The molecule has 0 radical (unpaired) electrons. The highest BCUT2D eigenvalue weighted by Gasteiger charge is 2.30. The summed E-state index contributed by atoms with van der Waals surface area (Å²) in [6.45, 7) is 2.54. The van der Waals surface area contributed by atoms with Crippen LogP contribution in [-0.2, 0) is 17.6 Å². The van der Waals surface area contributed by atoms with Gasteiger partial charge in [0, 0.05) is 25.1 Å². The van der Waals surface area contributed by atoms with E-state index < -0.39 is 17.8 Å². The van der Waals surface area contributed by atoms with Gasteiger partial charge in [-0.05, 0) is 36.8 Å². The van der Waals surface area contributed by atoms with Gasteiger partial charge in [-0.25, -0.2) is 4.79 Å². The van der Waals surface area contributed by atoms with Crippen molar-refractivity contribution < 1.29 is 22.8 Å². The Balaban J connectivity index is 1.67. The van der Waals surface area contributed by atoms with E-state index in [-0.39, 0.29) is 19.1 Å². The van der Waals surface area contributed by atoms with Crippen LogP contribution >= 0.6 is 23.2 Å². The molecule has 1 unspecified atom stereocenters. The van der Waals surface area contributed by atoms with Gasteiger partial charge in [-0.2, -0.15) is 13.2 Å². The minimum absolute atomic E-state index is 0.131. The topological polar surface area (TPSA) is 53.9 Å². The fourth-order valence-electron chi connectivity index (χ4n) is 3.12. The second-order valence-electron chi connectivity index (χ2n) is 7.01. The first-order chi connectivity index (χ1) is 14.7. The van der Waals surface area contributed by atoms with Gasteiger partial charge in [-0.15, -0.1) is 0 Å². The molecule has 166 valence electrons. The number of amides is 2. The van der Waals surface area contributed by atoms with Crippen LogP contribution in [0.2, 0.25) is 10.0 Å². The Labute approximate surface area is 187 Å². The lowest BCUT2D eigenvalue weighted by Crippen LogP contribution is -2.43. The molecule has 1 atom stereocenters. The van der Waals surface area contributed by atoms with Crippen LogP contribution in [0.15, 0.2) is 47.6 Å². The Hall–Kier alpha value is -2.45. The number of nitrogens with zero attached hydrogens (tertiary/aromatic N) is 2. The van der Waals surface area contributed by atoms with E-state index in [1.807, 2.05) is 0 Å². The molecule has 0 aliphatic carbocycles. The largest absolute Gasteiger partial charge is 0.416 e. The van der Waals surface area contributed by atoms with Crippen molar-refractivity contribution in [3.8, 4) is 0 Å². The van der Waals surface area contributed by atoms with Crippen LogP contribution in [0.25, 0.3) is 0 Å². The smallest absolute Gasteiger partial charge is 0.390 e. The van der Waals surface area contributed by atoms with Crippen LogP contribution in [0.3, 0.4) is 0 Å². The maximum absolute atomic E-state index is 12.8. The molecule has 1 N–H and O–H groups in total. The number of nitrogens with one attached hydrogen (secondary N) is 1. The number of alkyl halides is 3. The molecular formula is C21H20Cl2F3N3O2. The zero-order valence-corrected chi connectivity index (χ0v) is 18.1. The van der Waals surface area contributed by atoms with E-state index in [2.05, 4.69) is 10.5 Å². The third-order valence-corrected chi connectivity index (χ3v) is 5.42. The van der Waals surface area contributed by atoms with Gasteiger partial charge in [0.05, 0.1) is 27.9 Å². The van der Waals surface area contributed by atoms with Gasteiger partial charge in [-0.1, -0.05) is 46.6 Å². The highest BCUT2D eigenvalue weighted by molar-refractivity contribution is 6.42. The fourth-order valence-corrected chi connectivity index (χ4v) is 3.42. The molecule has 1 aliphatic rings. The monoisotopic (exact) mass is 473 g/mol. The zero-order valence-electron chi connectivity index (χ0n) is 16.5. The molecular weight excluding hydrogens is 454 g/mol. The van der Waals surface area contributed by atoms with Crippen molar-refractivity contribution >= 4 is 34.9 Å². The summed E-state index contributed by atoms with van der Waals surface area (Å²) in [6, 6.07) is 9.53. The minimum atomic E-state index is -4.41. The van der Waals surface area contributed by atoms with E-state index in [1.165, 1.54) is 17.0 Å². The van der Waals surface area contributed by atoms with Gasteiger partial charge < -0.3 is 15.1 Å². The second kappa shape index (κ2) is 9.78. The number of hydrogen-bond acceptors (Lipinski definition) is 3. The Morgan fingerprint density at radius 1 is 1.19 bits per heavy atom. The van der Waals surface area contributed by atoms with Crippen LogP contribution in [0, 0.1) is 0 Å². The fraction of sp³-hybridized carbons (Fsp3) is 0.333. The first-order valence-corrected chi connectivity index (χ1v) is 10.3. The molecule has 0 fully saturated rings. The zero-order chi connectivity index (χ0) is 22.6. The van der Waals surface area contributed by atoms with Gasteiger partial charge in [0.1, 0.15) is 0 Å². The first kappa shape index (κ1) is 23.2. The highest BCUT2D eigenvalue weighted by atomic mass is 35.5. The average molecular weight is 474 g/mol. The molecule has 5 nitrogen and oxygen atoms in total. The third kappa shape index (κ3) is 6.04. The minimum Gasteiger partial charge on any atom is -0.390 e. The normalized spacial score (nSPS) is 15.9.